The lowest BCUT2D eigenvalue weighted by Gasteiger charge is -2.08. The fourth-order valence-electron chi connectivity index (χ4n) is 2.52. The molecule has 0 radical (unpaired) electrons. The second-order valence-electron chi connectivity index (χ2n) is 5.92. The Morgan fingerprint density at radius 1 is 0.958 bits per heavy atom. The van der Waals surface area contributed by atoms with E-state index in [2.05, 4.69) is 42.3 Å². The van der Waals surface area contributed by atoms with Gasteiger partial charge in [0.05, 0.1) is 0 Å². The predicted octanol–water partition coefficient (Wildman–Crippen LogP) is 4.30. The maximum Gasteiger partial charge on any atom is 0.251 e. The number of aromatic nitrogens is 1. The molecule has 3 aromatic rings. The van der Waals surface area contributed by atoms with Crippen LogP contribution in [0.2, 0.25) is 0 Å². The molecule has 0 spiro atoms. The molecule has 0 fully saturated rings. The van der Waals surface area contributed by atoms with Gasteiger partial charge in [0.15, 0.2) is 0 Å². The van der Waals surface area contributed by atoms with Gasteiger partial charge in [0, 0.05) is 24.5 Å². The Hall–Kier alpha value is -2.94. The maximum atomic E-state index is 12.2. The Labute approximate surface area is 142 Å². The normalized spacial score (nSPS) is 10.4. The molecule has 0 unspecified atom stereocenters. The minimum atomic E-state index is -0.0783. The van der Waals surface area contributed by atoms with E-state index in [9.17, 15) is 4.79 Å². The van der Waals surface area contributed by atoms with Crippen molar-refractivity contribution in [3.05, 3.63) is 89.2 Å². The van der Waals surface area contributed by atoms with Crippen LogP contribution in [0.4, 0.5) is 0 Å². The molecular weight excluding hydrogens is 296 g/mol. The van der Waals surface area contributed by atoms with Crippen molar-refractivity contribution in [2.45, 2.75) is 20.4 Å². The average molecular weight is 316 g/mol. The number of pyridine rings is 1. The van der Waals surface area contributed by atoms with Crippen LogP contribution < -0.4 is 5.32 Å². The molecule has 3 heteroatoms. The summed E-state index contributed by atoms with van der Waals surface area (Å²) in [6, 6.07) is 17.9. The van der Waals surface area contributed by atoms with E-state index >= 15 is 0 Å². The molecule has 3 nitrogen and oxygen atoms in total. The number of aryl methyl sites for hydroxylation is 2. The molecular formula is C21H20N2O. The van der Waals surface area contributed by atoms with Crippen LogP contribution in [0, 0.1) is 13.8 Å². The molecule has 0 atom stereocenters. The van der Waals surface area contributed by atoms with E-state index in [4.69, 9.17) is 0 Å². The molecule has 0 saturated carbocycles. The quantitative estimate of drug-likeness (QED) is 0.780. The summed E-state index contributed by atoms with van der Waals surface area (Å²) in [4.78, 5) is 16.3. The summed E-state index contributed by atoms with van der Waals surface area (Å²) in [5, 5.41) is 2.91. The molecule has 2 aromatic carbocycles. The number of hydrogen-bond acceptors (Lipinski definition) is 2. The number of rotatable bonds is 4. The van der Waals surface area contributed by atoms with Crippen molar-refractivity contribution >= 4 is 5.91 Å². The van der Waals surface area contributed by atoms with Crippen LogP contribution in [0.25, 0.3) is 11.1 Å². The Morgan fingerprint density at radius 2 is 1.71 bits per heavy atom. The highest BCUT2D eigenvalue weighted by Crippen LogP contribution is 2.22. The molecule has 0 aliphatic carbocycles. The molecule has 0 saturated heterocycles. The highest BCUT2D eigenvalue weighted by molar-refractivity contribution is 5.94. The Morgan fingerprint density at radius 3 is 2.38 bits per heavy atom. The van der Waals surface area contributed by atoms with Crippen molar-refractivity contribution in [3.63, 3.8) is 0 Å². The number of benzene rings is 2. The summed E-state index contributed by atoms with van der Waals surface area (Å²) in [6.07, 6.45) is 3.47. The summed E-state index contributed by atoms with van der Waals surface area (Å²) in [5.41, 5.74) is 6.47. The maximum absolute atomic E-state index is 12.2. The van der Waals surface area contributed by atoms with Crippen LogP contribution in [0.3, 0.4) is 0 Å². The third kappa shape index (κ3) is 3.69. The zero-order chi connectivity index (χ0) is 16.9. The number of hydrogen-bond donors (Lipinski definition) is 1. The van der Waals surface area contributed by atoms with Crippen LogP contribution in [0.1, 0.15) is 27.0 Å². The van der Waals surface area contributed by atoms with E-state index in [-0.39, 0.29) is 5.91 Å². The SMILES string of the molecule is Cc1ccc(-c2ccc(C(=O)NCc3cccnc3)cc2)cc1C. The lowest BCUT2D eigenvalue weighted by Crippen LogP contribution is -2.22. The number of amides is 1. The lowest BCUT2D eigenvalue weighted by atomic mass is 9.99. The van der Waals surface area contributed by atoms with Gasteiger partial charge in [0.25, 0.3) is 5.91 Å². The third-order valence-electron chi connectivity index (χ3n) is 4.16. The standard InChI is InChI=1S/C21H20N2O/c1-15-5-6-20(12-16(15)2)18-7-9-19(10-8-18)21(24)23-14-17-4-3-11-22-13-17/h3-13H,14H2,1-2H3,(H,23,24). The molecule has 0 aliphatic heterocycles. The van der Waals surface area contributed by atoms with Gasteiger partial charge >= 0.3 is 0 Å². The van der Waals surface area contributed by atoms with Gasteiger partial charge < -0.3 is 5.32 Å². The molecule has 3 rings (SSSR count). The zero-order valence-corrected chi connectivity index (χ0v) is 13.9. The van der Waals surface area contributed by atoms with Crippen LogP contribution in [-0.4, -0.2) is 10.9 Å². The smallest absolute Gasteiger partial charge is 0.251 e. The van der Waals surface area contributed by atoms with E-state index in [1.807, 2.05) is 36.4 Å². The fraction of sp³-hybridized carbons (Fsp3) is 0.143. The highest BCUT2D eigenvalue weighted by Gasteiger charge is 2.06. The van der Waals surface area contributed by atoms with Crippen molar-refractivity contribution in [3.8, 4) is 11.1 Å². The molecule has 1 heterocycles. The molecule has 120 valence electrons. The molecule has 0 bridgehead atoms. The van der Waals surface area contributed by atoms with Gasteiger partial charge in [-0.2, -0.15) is 0 Å². The Kier molecular flexibility index (Phi) is 4.71. The van der Waals surface area contributed by atoms with Crippen molar-refractivity contribution in [2.24, 2.45) is 0 Å². The molecule has 1 amide bonds. The van der Waals surface area contributed by atoms with Crippen LogP contribution in [0.15, 0.2) is 67.0 Å². The second kappa shape index (κ2) is 7.09. The molecule has 24 heavy (non-hydrogen) atoms. The third-order valence-corrected chi connectivity index (χ3v) is 4.16. The molecule has 1 aromatic heterocycles. The largest absolute Gasteiger partial charge is 0.348 e. The van der Waals surface area contributed by atoms with E-state index in [0.717, 1.165) is 11.1 Å². The minimum absolute atomic E-state index is 0.0783. The van der Waals surface area contributed by atoms with Gasteiger partial charge in [-0.05, 0) is 59.9 Å². The predicted molar refractivity (Wildman–Crippen MR) is 96.8 cm³/mol. The van der Waals surface area contributed by atoms with Crippen LogP contribution >= 0.6 is 0 Å². The van der Waals surface area contributed by atoms with Gasteiger partial charge in [-0.25, -0.2) is 0 Å². The van der Waals surface area contributed by atoms with Crippen molar-refractivity contribution < 1.29 is 4.79 Å². The zero-order valence-electron chi connectivity index (χ0n) is 13.9. The lowest BCUT2D eigenvalue weighted by molar-refractivity contribution is 0.0951. The number of nitrogens with zero attached hydrogens (tertiary/aromatic N) is 1. The average Bonchev–Trinajstić information content (AvgIpc) is 2.63. The topological polar surface area (TPSA) is 42.0 Å². The van der Waals surface area contributed by atoms with Gasteiger partial charge in [-0.3, -0.25) is 9.78 Å². The van der Waals surface area contributed by atoms with E-state index < -0.39 is 0 Å². The highest BCUT2D eigenvalue weighted by atomic mass is 16.1. The fourth-order valence-corrected chi connectivity index (χ4v) is 2.52. The van der Waals surface area contributed by atoms with Gasteiger partial charge in [-0.1, -0.05) is 36.4 Å². The summed E-state index contributed by atoms with van der Waals surface area (Å²) >= 11 is 0. The Balaban J connectivity index is 1.69. The van der Waals surface area contributed by atoms with Crippen LogP contribution in [0.5, 0.6) is 0 Å². The van der Waals surface area contributed by atoms with E-state index in [1.54, 1.807) is 12.4 Å². The first-order valence-corrected chi connectivity index (χ1v) is 7.98. The second-order valence-corrected chi connectivity index (χ2v) is 5.92. The first-order chi connectivity index (χ1) is 11.6. The summed E-state index contributed by atoms with van der Waals surface area (Å²) in [7, 11) is 0. The first kappa shape index (κ1) is 15.9. The molecule has 1 N–H and O–H groups in total. The number of nitrogens with one attached hydrogen (secondary N) is 1. The van der Waals surface area contributed by atoms with Crippen LogP contribution in [-0.2, 0) is 6.54 Å². The van der Waals surface area contributed by atoms with Crippen molar-refractivity contribution in [2.75, 3.05) is 0 Å². The summed E-state index contributed by atoms with van der Waals surface area (Å²) in [6.45, 7) is 4.69. The Bertz CT molecular complexity index is 839. The van der Waals surface area contributed by atoms with Gasteiger partial charge in [0.1, 0.15) is 0 Å². The number of carbonyl (C=O) groups excluding carboxylic acids is 1. The van der Waals surface area contributed by atoms with Gasteiger partial charge in [0.2, 0.25) is 0 Å². The van der Waals surface area contributed by atoms with E-state index in [0.29, 0.717) is 12.1 Å². The van der Waals surface area contributed by atoms with Gasteiger partial charge in [-0.15, -0.1) is 0 Å². The molecule has 0 aliphatic rings. The summed E-state index contributed by atoms with van der Waals surface area (Å²) < 4.78 is 0. The summed E-state index contributed by atoms with van der Waals surface area (Å²) in [5.74, 6) is -0.0783. The van der Waals surface area contributed by atoms with Crippen molar-refractivity contribution in [1.29, 1.82) is 0 Å². The minimum Gasteiger partial charge on any atom is -0.348 e. The first-order valence-electron chi connectivity index (χ1n) is 7.98. The number of carbonyl (C=O) groups is 1. The van der Waals surface area contributed by atoms with E-state index in [1.165, 1.54) is 16.7 Å². The monoisotopic (exact) mass is 316 g/mol. The van der Waals surface area contributed by atoms with Crippen molar-refractivity contribution in [1.82, 2.24) is 10.3 Å².